The molecule has 0 fully saturated rings. The van der Waals surface area contributed by atoms with E-state index in [1.807, 2.05) is 30.3 Å². The van der Waals surface area contributed by atoms with Crippen LogP contribution in [0.4, 0.5) is 5.69 Å². The number of amides is 1. The summed E-state index contributed by atoms with van der Waals surface area (Å²) in [6.07, 6.45) is 1.04. The molecule has 2 aromatic rings. The van der Waals surface area contributed by atoms with Crippen LogP contribution in [0.1, 0.15) is 11.1 Å². The van der Waals surface area contributed by atoms with Gasteiger partial charge in [-0.3, -0.25) is 4.79 Å². The Morgan fingerprint density at radius 3 is 2.55 bits per heavy atom. The summed E-state index contributed by atoms with van der Waals surface area (Å²) in [4.78, 5) is 11.8. The van der Waals surface area contributed by atoms with E-state index in [1.165, 1.54) is 0 Å². The summed E-state index contributed by atoms with van der Waals surface area (Å²) in [5.41, 5.74) is 8.29. The highest BCUT2D eigenvalue weighted by Crippen LogP contribution is 2.11. The number of nitrogens with one attached hydrogen (secondary N) is 1. The molecule has 0 aliphatic rings. The molecule has 0 aliphatic heterocycles. The van der Waals surface area contributed by atoms with Crippen LogP contribution < -0.4 is 11.1 Å². The number of nitrogen functional groups attached to an aromatic ring is 1. The van der Waals surface area contributed by atoms with Gasteiger partial charge in [0, 0.05) is 12.2 Å². The highest BCUT2D eigenvalue weighted by atomic mass is 16.3. The Kier molecular flexibility index (Phi) is 4.60. The molecule has 20 heavy (non-hydrogen) atoms. The number of hydrogen-bond acceptors (Lipinski definition) is 3. The van der Waals surface area contributed by atoms with Gasteiger partial charge in [-0.2, -0.15) is 0 Å². The van der Waals surface area contributed by atoms with E-state index in [4.69, 9.17) is 5.73 Å². The van der Waals surface area contributed by atoms with Crippen LogP contribution >= 0.6 is 0 Å². The number of carbonyl (C=O) groups excluding carboxylic acids is 1. The van der Waals surface area contributed by atoms with E-state index in [1.54, 1.807) is 18.2 Å². The number of hydrogen-bond donors (Lipinski definition) is 3. The minimum absolute atomic E-state index is 0.0500. The Bertz CT molecular complexity index is 579. The average molecular weight is 270 g/mol. The van der Waals surface area contributed by atoms with Crippen molar-refractivity contribution >= 4 is 11.6 Å². The van der Waals surface area contributed by atoms with Gasteiger partial charge >= 0.3 is 0 Å². The number of nitrogens with two attached hydrogens (primary N) is 1. The normalized spacial score (nSPS) is 10.2. The number of carbonyl (C=O) groups is 1. The van der Waals surface area contributed by atoms with Crippen LogP contribution in [0.3, 0.4) is 0 Å². The molecule has 0 bridgehead atoms. The molecule has 4 N–H and O–H groups in total. The van der Waals surface area contributed by atoms with Crippen molar-refractivity contribution in [1.82, 2.24) is 5.32 Å². The van der Waals surface area contributed by atoms with Crippen LogP contribution in [-0.4, -0.2) is 17.6 Å². The number of phenolic OH excluding ortho intramolecular Hbond substituents is 1. The summed E-state index contributed by atoms with van der Waals surface area (Å²) in [5, 5.41) is 12.2. The molecule has 1 amide bonds. The minimum atomic E-state index is -0.0500. The maximum absolute atomic E-state index is 11.8. The predicted molar refractivity (Wildman–Crippen MR) is 79.4 cm³/mol. The quantitative estimate of drug-likeness (QED) is 0.726. The smallest absolute Gasteiger partial charge is 0.224 e. The van der Waals surface area contributed by atoms with Crippen molar-refractivity contribution in [2.24, 2.45) is 0 Å². The highest BCUT2D eigenvalue weighted by Gasteiger charge is 2.03. The van der Waals surface area contributed by atoms with E-state index in [9.17, 15) is 9.90 Å². The lowest BCUT2D eigenvalue weighted by atomic mass is 10.1. The second kappa shape index (κ2) is 6.61. The van der Waals surface area contributed by atoms with Gasteiger partial charge in [0.15, 0.2) is 0 Å². The van der Waals surface area contributed by atoms with Crippen molar-refractivity contribution in [2.75, 3.05) is 12.3 Å². The van der Waals surface area contributed by atoms with Crippen molar-refractivity contribution in [1.29, 1.82) is 0 Å². The van der Waals surface area contributed by atoms with Gasteiger partial charge < -0.3 is 16.2 Å². The lowest BCUT2D eigenvalue weighted by Gasteiger charge is -2.06. The van der Waals surface area contributed by atoms with Crippen molar-refractivity contribution in [3.63, 3.8) is 0 Å². The molecule has 0 atom stereocenters. The van der Waals surface area contributed by atoms with Crippen LogP contribution in [0.5, 0.6) is 5.75 Å². The van der Waals surface area contributed by atoms with E-state index in [0.29, 0.717) is 6.54 Å². The van der Waals surface area contributed by atoms with Crippen LogP contribution in [0.15, 0.2) is 48.5 Å². The lowest BCUT2D eigenvalue weighted by molar-refractivity contribution is -0.120. The Hall–Kier alpha value is -2.49. The monoisotopic (exact) mass is 270 g/mol. The number of rotatable bonds is 5. The molecule has 2 rings (SSSR count). The molecule has 0 radical (unpaired) electrons. The maximum atomic E-state index is 11.8. The fourth-order valence-electron chi connectivity index (χ4n) is 1.94. The molecule has 104 valence electrons. The molecule has 0 saturated heterocycles. The first-order chi connectivity index (χ1) is 9.63. The van der Waals surface area contributed by atoms with Gasteiger partial charge in [0.25, 0.3) is 0 Å². The zero-order valence-corrected chi connectivity index (χ0v) is 11.2. The summed E-state index contributed by atoms with van der Waals surface area (Å²) >= 11 is 0. The Morgan fingerprint density at radius 2 is 1.85 bits per heavy atom. The third-order valence-corrected chi connectivity index (χ3v) is 2.99. The summed E-state index contributed by atoms with van der Waals surface area (Å²) < 4.78 is 0. The molecule has 0 saturated carbocycles. The van der Waals surface area contributed by atoms with Gasteiger partial charge in [-0.15, -0.1) is 0 Å². The molecule has 0 aliphatic carbocycles. The highest BCUT2D eigenvalue weighted by molar-refractivity contribution is 5.78. The Labute approximate surface area is 118 Å². The number of anilines is 1. The van der Waals surface area contributed by atoms with Gasteiger partial charge in [0.05, 0.1) is 6.42 Å². The number of aromatic hydroxyl groups is 1. The van der Waals surface area contributed by atoms with E-state index >= 15 is 0 Å². The van der Waals surface area contributed by atoms with E-state index < -0.39 is 0 Å². The first-order valence-corrected chi connectivity index (χ1v) is 6.52. The Balaban J connectivity index is 1.76. The summed E-state index contributed by atoms with van der Waals surface area (Å²) in [7, 11) is 0. The molecular formula is C16H18N2O2. The van der Waals surface area contributed by atoms with E-state index in [0.717, 1.165) is 23.2 Å². The predicted octanol–water partition coefficient (Wildman–Crippen LogP) is 1.88. The second-order valence-corrected chi connectivity index (χ2v) is 4.69. The van der Waals surface area contributed by atoms with E-state index in [-0.39, 0.29) is 18.1 Å². The first-order valence-electron chi connectivity index (χ1n) is 6.52. The zero-order chi connectivity index (χ0) is 14.4. The van der Waals surface area contributed by atoms with Gasteiger partial charge in [0.1, 0.15) is 5.75 Å². The van der Waals surface area contributed by atoms with Crippen LogP contribution in [-0.2, 0) is 17.6 Å². The van der Waals surface area contributed by atoms with E-state index in [2.05, 4.69) is 5.32 Å². The molecule has 4 heteroatoms. The van der Waals surface area contributed by atoms with Gasteiger partial charge in [-0.25, -0.2) is 0 Å². The van der Waals surface area contributed by atoms with Crippen LogP contribution in [0, 0.1) is 0 Å². The fourth-order valence-corrected chi connectivity index (χ4v) is 1.94. The topological polar surface area (TPSA) is 75.3 Å². The maximum Gasteiger partial charge on any atom is 0.224 e. The zero-order valence-electron chi connectivity index (χ0n) is 11.2. The standard InChI is InChI=1S/C16H18N2O2/c17-14-6-4-12(5-7-14)8-9-18-16(20)11-13-2-1-3-15(19)10-13/h1-7,10,19H,8-9,11,17H2,(H,18,20). The average Bonchev–Trinajstić information content (AvgIpc) is 2.41. The van der Waals surface area contributed by atoms with Crippen molar-refractivity contribution in [3.8, 4) is 5.75 Å². The first kappa shape index (κ1) is 13.9. The third-order valence-electron chi connectivity index (χ3n) is 2.99. The molecule has 0 spiro atoms. The van der Waals surface area contributed by atoms with Crippen molar-refractivity contribution in [3.05, 3.63) is 59.7 Å². The van der Waals surface area contributed by atoms with Crippen LogP contribution in [0.2, 0.25) is 0 Å². The summed E-state index contributed by atoms with van der Waals surface area (Å²) in [5.74, 6) is 0.128. The van der Waals surface area contributed by atoms with Crippen molar-refractivity contribution < 1.29 is 9.90 Å². The molecule has 2 aromatic carbocycles. The summed E-state index contributed by atoms with van der Waals surface area (Å²) in [6, 6.07) is 14.3. The number of benzene rings is 2. The molecule has 4 nitrogen and oxygen atoms in total. The largest absolute Gasteiger partial charge is 0.508 e. The molecule has 0 unspecified atom stereocenters. The Morgan fingerprint density at radius 1 is 1.10 bits per heavy atom. The molecule has 0 aromatic heterocycles. The van der Waals surface area contributed by atoms with Gasteiger partial charge in [-0.1, -0.05) is 24.3 Å². The van der Waals surface area contributed by atoms with Gasteiger partial charge in [-0.05, 0) is 41.8 Å². The fraction of sp³-hybridized carbons (Fsp3) is 0.188. The molecule has 0 heterocycles. The second-order valence-electron chi connectivity index (χ2n) is 4.69. The lowest BCUT2D eigenvalue weighted by Crippen LogP contribution is -2.27. The van der Waals surface area contributed by atoms with Crippen molar-refractivity contribution in [2.45, 2.75) is 12.8 Å². The van der Waals surface area contributed by atoms with Gasteiger partial charge in [0.2, 0.25) is 5.91 Å². The summed E-state index contributed by atoms with van der Waals surface area (Å²) in [6.45, 7) is 0.585. The van der Waals surface area contributed by atoms with Crippen LogP contribution in [0.25, 0.3) is 0 Å². The molecular weight excluding hydrogens is 252 g/mol. The SMILES string of the molecule is Nc1ccc(CCNC(=O)Cc2cccc(O)c2)cc1. The number of phenols is 1. The third kappa shape index (κ3) is 4.31. The minimum Gasteiger partial charge on any atom is -0.508 e.